The summed E-state index contributed by atoms with van der Waals surface area (Å²) in [5, 5.41) is 20.4. The number of ether oxygens (including phenoxy) is 1. The second kappa shape index (κ2) is 5.08. The molecule has 2 heterocycles. The lowest BCUT2D eigenvalue weighted by molar-refractivity contribution is -0.384. The van der Waals surface area contributed by atoms with Gasteiger partial charge in [0.2, 0.25) is 11.5 Å². The molecule has 23 heavy (non-hydrogen) atoms. The Balaban J connectivity index is 2.17. The number of benzene rings is 1. The van der Waals surface area contributed by atoms with Gasteiger partial charge < -0.3 is 14.7 Å². The third-order valence-corrected chi connectivity index (χ3v) is 3.97. The highest BCUT2D eigenvalue weighted by Crippen LogP contribution is 2.41. The first-order valence-electron chi connectivity index (χ1n) is 7.06. The average Bonchev–Trinajstić information content (AvgIpc) is 2.91. The maximum Gasteiger partial charge on any atom is 0.351 e. The van der Waals surface area contributed by atoms with E-state index in [1.54, 1.807) is 0 Å². The molecule has 1 aromatic carbocycles. The van der Waals surface area contributed by atoms with Crippen molar-refractivity contribution in [3.05, 3.63) is 40.0 Å². The molecule has 8 heteroatoms. The molecule has 0 unspecified atom stereocenters. The van der Waals surface area contributed by atoms with Gasteiger partial charge in [-0.15, -0.1) is 0 Å². The second-order valence-corrected chi connectivity index (χ2v) is 5.63. The van der Waals surface area contributed by atoms with Crippen LogP contribution in [0.3, 0.4) is 0 Å². The van der Waals surface area contributed by atoms with Gasteiger partial charge in [0, 0.05) is 30.7 Å². The van der Waals surface area contributed by atoms with Gasteiger partial charge in [-0.1, -0.05) is 0 Å². The van der Waals surface area contributed by atoms with Crippen LogP contribution in [0.2, 0.25) is 0 Å². The summed E-state index contributed by atoms with van der Waals surface area (Å²) in [7, 11) is 0. The maximum absolute atomic E-state index is 12.0. The number of nitro groups is 1. The van der Waals surface area contributed by atoms with E-state index < -0.39 is 16.5 Å². The van der Waals surface area contributed by atoms with Gasteiger partial charge in [0.05, 0.1) is 10.6 Å². The number of non-ortho nitro benzene ring substituents is 1. The first-order chi connectivity index (χ1) is 10.8. The van der Waals surface area contributed by atoms with Gasteiger partial charge in [0.25, 0.3) is 5.69 Å². The van der Waals surface area contributed by atoms with E-state index in [0.717, 1.165) is 0 Å². The molecular formula is C15H14N2O6. The summed E-state index contributed by atoms with van der Waals surface area (Å²) in [6.07, 6.45) is 2.36. The number of amides is 1. The Bertz CT molecular complexity index is 756. The van der Waals surface area contributed by atoms with Crippen molar-refractivity contribution in [3.8, 4) is 5.75 Å². The summed E-state index contributed by atoms with van der Waals surface area (Å²) in [6.45, 7) is 1.82. The molecule has 0 aromatic heterocycles. The molecule has 0 saturated carbocycles. The van der Waals surface area contributed by atoms with Crippen molar-refractivity contribution in [1.29, 1.82) is 0 Å². The normalized spacial score (nSPS) is 23.1. The van der Waals surface area contributed by atoms with Gasteiger partial charge in [0.1, 0.15) is 5.75 Å². The van der Waals surface area contributed by atoms with Crippen molar-refractivity contribution < 1.29 is 24.4 Å². The Labute approximate surface area is 131 Å². The molecule has 0 spiro atoms. The smallest absolute Gasteiger partial charge is 0.351 e. The van der Waals surface area contributed by atoms with Gasteiger partial charge in [0.15, 0.2) is 0 Å². The number of rotatable bonds is 3. The quantitative estimate of drug-likeness (QED) is 0.672. The fourth-order valence-corrected chi connectivity index (χ4v) is 2.75. The van der Waals surface area contributed by atoms with E-state index in [1.807, 2.05) is 0 Å². The summed E-state index contributed by atoms with van der Waals surface area (Å²) >= 11 is 0. The van der Waals surface area contributed by atoms with E-state index in [0.29, 0.717) is 30.6 Å². The zero-order valence-corrected chi connectivity index (χ0v) is 12.3. The first-order valence-corrected chi connectivity index (χ1v) is 7.06. The SMILES string of the molecule is C[C@]1(C(=O)O)C=C(N2CCCC2=O)c2cc([N+](=O)[O-])ccc2O1. The Morgan fingerprint density at radius 3 is 2.78 bits per heavy atom. The highest BCUT2D eigenvalue weighted by Gasteiger charge is 2.41. The molecule has 3 rings (SSSR count). The van der Waals surface area contributed by atoms with Crippen molar-refractivity contribution in [2.24, 2.45) is 0 Å². The minimum atomic E-state index is -1.64. The number of aliphatic carboxylic acids is 1. The van der Waals surface area contributed by atoms with E-state index in [-0.39, 0.29) is 17.3 Å². The summed E-state index contributed by atoms with van der Waals surface area (Å²) in [5.41, 5.74) is -1.08. The van der Waals surface area contributed by atoms with Crippen LogP contribution >= 0.6 is 0 Å². The first kappa shape index (κ1) is 15.0. The van der Waals surface area contributed by atoms with Crippen LogP contribution in [0.1, 0.15) is 25.3 Å². The third-order valence-electron chi connectivity index (χ3n) is 3.97. The van der Waals surface area contributed by atoms with Gasteiger partial charge in [-0.2, -0.15) is 0 Å². The standard InChI is InChI=1S/C15H14N2O6/c1-15(14(19)20)8-11(16-6-2-3-13(16)18)10-7-9(17(21)22)4-5-12(10)23-15/h4-5,7-8H,2-3,6H2,1H3,(H,19,20)/t15-/m1/s1. The molecule has 0 bridgehead atoms. The number of nitrogens with zero attached hydrogens (tertiary/aromatic N) is 2. The number of carbonyl (C=O) groups is 2. The Morgan fingerprint density at radius 2 is 2.22 bits per heavy atom. The van der Waals surface area contributed by atoms with E-state index in [1.165, 1.54) is 36.1 Å². The third kappa shape index (κ3) is 2.41. The number of hydrogen-bond acceptors (Lipinski definition) is 5. The van der Waals surface area contributed by atoms with E-state index in [2.05, 4.69) is 0 Å². The van der Waals surface area contributed by atoms with Crippen LogP contribution in [0, 0.1) is 10.1 Å². The van der Waals surface area contributed by atoms with Crippen LogP contribution in [0.4, 0.5) is 5.69 Å². The van der Waals surface area contributed by atoms with Gasteiger partial charge in [-0.3, -0.25) is 14.9 Å². The lowest BCUT2D eigenvalue weighted by atomic mass is 9.96. The van der Waals surface area contributed by atoms with Gasteiger partial charge in [-0.25, -0.2) is 4.79 Å². The number of likely N-dealkylation sites (tertiary alicyclic amines) is 1. The van der Waals surface area contributed by atoms with Gasteiger partial charge >= 0.3 is 5.97 Å². The predicted molar refractivity (Wildman–Crippen MR) is 78.7 cm³/mol. The zero-order valence-electron chi connectivity index (χ0n) is 12.3. The summed E-state index contributed by atoms with van der Waals surface area (Å²) in [4.78, 5) is 35.5. The Kier molecular flexibility index (Phi) is 3.32. The average molecular weight is 318 g/mol. The van der Waals surface area contributed by atoms with Crippen LogP contribution in [-0.2, 0) is 9.59 Å². The highest BCUT2D eigenvalue weighted by atomic mass is 16.6. The predicted octanol–water partition coefficient (Wildman–Crippen LogP) is 1.79. The molecule has 1 saturated heterocycles. The minimum absolute atomic E-state index is 0.136. The molecule has 1 atom stereocenters. The summed E-state index contributed by atoms with van der Waals surface area (Å²) in [6, 6.07) is 3.91. The monoisotopic (exact) mass is 318 g/mol. The van der Waals surface area contributed by atoms with E-state index in [9.17, 15) is 24.8 Å². The van der Waals surface area contributed by atoms with E-state index in [4.69, 9.17) is 4.74 Å². The number of carboxylic acids is 1. The second-order valence-electron chi connectivity index (χ2n) is 5.63. The Morgan fingerprint density at radius 1 is 1.48 bits per heavy atom. The Hall–Kier alpha value is -2.90. The zero-order chi connectivity index (χ0) is 16.8. The minimum Gasteiger partial charge on any atom is -0.478 e. The molecule has 0 radical (unpaired) electrons. The lowest BCUT2D eigenvalue weighted by Gasteiger charge is -2.33. The molecule has 1 fully saturated rings. The number of hydrogen-bond donors (Lipinski definition) is 1. The molecule has 8 nitrogen and oxygen atoms in total. The van der Waals surface area contributed by atoms with E-state index >= 15 is 0 Å². The van der Waals surface area contributed by atoms with Crippen molar-refractivity contribution >= 4 is 23.3 Å². The molecule has 1 aromatic rings. The van der Waals surface area contributed by atoms with Crippen LogP contribution in [0.5, 0.6) is 5.75 Å². The van der Waals surface area contributed by atoms with Crippen LogP contribution in [-0.4, -0.2) is 39.0 Å². The number of carboxylic acid groups (broad SMARTS) is 1. The number of nitro benzene ring substituents is 1. The topological polar surface area (TPSA) is 110 Å². The number of fused-ring (bicyclic) bond motifs is 1. The molecule has 0 aliphatic carbocycles. The van der Waals surface area contributed by atoms with Crippen molar-refractivity contribution in [1.82, 2.24) is 4.90 Å². The molecule has 120 valence electrons. The molecular weight excluding hydrogens is 304 g/mol. The molecule has 1 amide bonds. The summed E-state index contributed by atoms with van der Waals surface area (Å²) < 4.78 is 5.50. The summed E-state index contributed by atoms with van der Waals surface area (Å²) in [5.74, 6) is -1.13. The van der Waals surface area contributed by atoms with Crippen LogP contribution in [0.15, 0.2) is 24.3 Å². The maximum atomic E-state index is 12.0. The number of carbonyl (C=O) groups excluding carboxylic acids is 1. The largest absolute Gasteiger partial charge is 0.478 e. The van der Waals surface area contributed by atoms with Crippen LogP contribution in [0.25, 0.3) is 5.70 Å². The molecule has 2 aliphatic heterocycles. The van der Waals surface area contributed by atoms with Crippen molar-refractivity contribution in [2.75, 3.05) is 6.54 Å². The van der Waals surface area contributed by atoms with Crippen LogP contribution < -0.4 is 4.74 Å². The highest BCUT2D eigenvalue weighted by molar-refractivity contribution is 5.93. The van der Waals surface area contributed by atoms with Crippen molar-refractivity contribution in [3.63, 3.8) is 0 Å². The van der Waals surface area contributed by atoms with Crippen molar-refractivity contribution in [2.45, 2.75) is 25.4 Å². The fraction of sp³-hybridized carbons (Fsp3) is 0.333. The molecule has 2 aliphatic rings. The lowest BCUT2D eigenvalue weighted by Crippen LogP contribution is -2.43. The fourth-order valence-electron chi connectivity index (χ4n) is 2.75. The van der Waals surface area contributed by atoms with Gasteiger partial charge in [-0.05, 0) is 25.5 Å². The molecule has 1 N–H and O–H groups in total.